The standard InChI is InChI=1S/C27H48N2O3.ClH/c1-5-7-15-29(16-8-6-2)22-24-11-13-26(14-12-24)31-17-9-10-18-32-27(30)20-25(21-28)19-23(3)4;/h11-14,23,25H,5-10,15-22,28H2,1-4H3;1H. The molecule has 1 aromatic carbocycles. The number of hydrogen-bond donors (Lipinski definition) is 1. The van der Waals surface area contributed by atoms with Crippen LogP contribution in [0.5, 0.6) is 5.75 Å². The van der Waals surface area contributed by atoms with Crippen molar-refractivity contribution < 1.29 is 14.3 Å². The van der Waals surface area contributed by atoms with Gasteiger partial charge < -0.3 is 15.2 Å². The first kappa shape index (κ1) is 31.7. The van der Waals surface area contributed by atoms with Gasteiger partial charge in [0.05, 0.1) is 13.2 Å². The van der Waals surface area contributed by atoms with Crippen LogP contribution < -0.4 is 10.5 Å². The Morgan fingerprint density at radius 1 is 0.970 bits per heavy atom. The topological polar surface area (TPSA) is 64.8 Å². The zero-order valence-corrected chi connectivity index (χ0v) is 22.3. The van der Waals surface area contributed by atoms with Gasteiger partial charge in [-0.15, -0.1) is 12.4 Å². The summed E-state index contributed by atoms with van der Waals surface area (Å²) in [4.78, 5) is 14.5. The molecule has 0 spiro atoms. The second-order valence-corrected chi connectivity index (χ2v) is 9.34. The van der Waals surface area contributed by atoms with Crippen molar-refractivity contribution in [2.24, 2.45) is 17.6 Å². The highest BCUT2D eigenvalue weighted by atomic mass is 35.5. The minimum atomic E-state index is -0.135. The van der Waals surface area contributed by atoms with Crippen LogP contribution in [0.4, 0.5) is 0 Å². The minimum absolute atomic E-state index is 0. The molecule has 1 atom stereocenters. The van der Waals surface area contributed by atoms with Gasteiger partial charge in [0.15, 0.2) is 0 Å². The van der Waals surface area contributed by atoms with Crippen molar-refractivity contribution in [3.8, 4) is 5.75 Å². The quantitative estimate of drug-likeness (QED) is 0.186. The molecule has 0 saturated carbocycles. The maximum absolute atomic E-state index is 12.0. The summed E-state index contributed by atoms with van der Waals surface area (Å²) in [6, 6.07) is 8.48. The largest absolute Gasteiger partial charge is 0.494 e. The lowest BCUT2D eigenvalue weighted by molar-refractivity contribution is -0.145. The number of nitrogens with two attached hydrogens (primary N) is 1. The maximum Gasteiger partial charge on any atom is 0.306 e. The molecule has 2 N–H and O–H groups in total. The summed E-state index contributed by atoms with van der Waals surface area (Å²) in [5.41, 5.74) is 7.10. The van der Waals surface area contributed by atoms with Crippen LogP contribution >= 0.6 is 12.4 Å². The van der Waals surface area contributed by atoms with Gasteiger partial charge in [0.2, 0.25) is 0 Å². The van der Waals surface area contributed by atoms with Crippen molar-refractivity contribution >= 4 is 18.4 Å². The minimum Gasteiger partial charge on any atom is -0.494 e. The summed E-state index contributed by atoms with van der Waals surface area (Å²) < 4.78 is 11.2. The Labute approximate surface area is 209 Å². The van der Waals surface area contributed by atoms with Gasteiger partial charge in [-0.1, -0.05) is 52.7 Å². The van der Waals surface area contributed by atoms with Crippen molar-refractivity contribution in [1.82, 2.24) is 4.90 Å². The Bertz CT molecular complexity index is 588. The second kappa shape index (κ2) is 20.1. The van der Waals surface area contributed by atoms with Crippen molar-refractivity contribution in [3.63, 3.8) is 0 Å². The molecule has 1 aromatic rings. The Balaban J connectivity index is 0.0000102. The monoisotopic (exact) mass is 484 g/mol. The van der Waals surface area contributed by atoms with Crippen LogP contribution in [0, 0.1) is 11.8 Å². The molecule has 0 fully saturated rings. The van der Waals surface area contributed by atoms with Crippen LogP contribution in [0.3, 0.4) is 0 Å². The number of hydrogen-bond acceptors (Lipinski definition) is 5. The average molecular weight is 485 g/mol. The smallest absolute Gasteiger partial charge is 0.306 e. The second-order valence-electron chi connectivity index (χ2n) is 9.34. The SMILES string of the molecule is CCCCN(CCCC)Cc1ccc(OCCCCOC(=O)CC(CN)CC(C)C)cc1.Cl. The summed E-state index contributed by atoms with van der Waals surface area (Å²) in [6.07, 6.45) is 8.05. The van der Waals surface area contributed by atoms with Gasteiger partial charge in [-0.3, -0.25) is 9.69 Å². The molecular weight excluding hydrogens is 436 g/mol. The fourth-order valence-corrected chi connectivity index (χ4v) is 3.79. The van der Waals surface area contributed by atoms with Crippen molar-refractivity contribution in [2.45, 2.75) is 85.6 Å². The van der Waals surface area contributed by atoms with E-state index in [2.05, 4.69) is 56.9 Å². The Kier molecular flexibility index (Phi) is 19.3. The van der Waals surface area contributed by atoms with Crippen LogP contribution in [0.25, 0.3) is 0 Å². The lowest BCUT2D eigenvalue weighted by atomic mass is 9.94. The number of halogens is 1. The third-order valence-corrected chi connectivity index (χ3v) is 5.65. The van der Waals surface area contributed by atoms with Crippen LogP contribution in [-0.4, -0.2) is 43.7 Å². The first-order valence-corrected chi connectivity index (χ1v) is 12.8. The van der Waals surface area contributed by atoms with Gasteiger partial charge in [-0.25, -0.2) is 0 Å². The molecule has 0 amide bonds. The molecule has 33 heavy (non-hydrogen) atoms. The van der Waals surface area contributed by atoms with E-state index in [-0.39, 0.29) is 24.3 Å². The van der Waals surface area contributed by atoms with E-state index in [1.807, 2.05) is 0 Å². The predicted molar refractivity (Wildman–Crippen MR) is 141 cm³/mol. The third-order valence-electron chi connectivity index (χ3n) is 5.65. The first-order valence-electron chi connectivity index (χ1n) is 12.8. The summed E-state index contributed by atoms with van der Waals surface area (Å²) in [6.45, 7) is 13.8. The van der Waals surface area contributed by atoms with Gasteiger partial charge >= 0.3 is 5.97 Å². The van der Waals surface area contributed by atoms with Crippen molar-refractivity contribution in [3.05, 3.63) is 29.8 Å². The summed E-state index contributed by atoms with van der Waals surface area (Å²) >= 11 is 0. The predicted octanol–water partition coefficient (Wildman–Crippen LogP) is 6.22. The number of nitrogens with zero attached hydrogens (tertiary/aromatic N) is 1. The maximum atomic E-state index is 12.0. The molecule has 0 aliphatic carbocycles. The molecule has 0 aliphatic rings. The zero-order chi connectivity index (χ0) is 23.6. The number of carbonyl (C=O) groups excluding carboxylic acids is 1. The molecule has 0 saturated heterocycles. The molecule has 1 rings (SSSR count). The number of carbonyl (C=O) groups is 1. The third kappa shape index (κ3) is 16.0. The summed E-state index contributed by atoms with van der Waals surface area (Å²) in [7, 11) is 0. The van der Waals surface area contributed by atoms with E-state index in [9.17, 15) is 4.79 Å². The van der Waals surface area contributed by atoms with E-state index < -0.39 is 0 Å². The first-order chi connectivity index (χ1) is 15.5. The molecule has 1 unspecified atom stereocenters. The Morgan fingerprint density at radius 2 is 1.58 bits per heavy atom. The van der Waals surface area contributed by atoms with E-state index in [0.29, 0.717) is 32.1 Å². The molecule has 0 aliphatic heterocycles. The van der Waals surface area contributed by atoms with Gasteiger partial charge in [0.1, 0.15) is 5.75 Å². The highest BCUT2D eigenvalue weighted by Gasteiger charge is 2.15. The number of unbranched alkanes of at least 4 members (excludes halogenated alkanes) is 3. The molecule has 192 valence electrons. The van der Waals surface area contributed by atoms with E-state index in [1.54, 1.807) is 0 Å². The average Bonchev–Trinajstić information content (AvgIpc) is 2.78. The van der Waals surface area contributed by atoms with Gasteiger partial charge in [-0.05, 0) is 81.3 Å². The van der Waals surface area contributed by atoms with Crippen LogP contribution in [0.1, 0.15) is 84.6 Å². The van der Waals surface area contributed by atoms with Crippen molar-refractivity contribution in [2.75, 3.05) is 32.8 Å². The Hall–Kier alpha value is -1.30. The number of ether oxygens (including phenoxy) is 2. The number of rotatable bonds is 19. The number of benzene rings is 1. The van der Waals surface area contributed by atoms with E-state index in [4.69, 9.17) is 15.2 Å². The lowest BCUT2D eigenvalue weighted by Crippen LogP contribution is -2.25. The molecule has 0 aromatic heterocycles. The van der Waals surface area contributed by atoms with E-state index in [0.717, 1.165) is 31.6 Å². The van der Waals surface area contributed by atoms with Crippen LogP contribution in [0.2, 0.25) is 0 Å². The van der Waals surface area contributed by atoms with Crippen molar-refractivity contribution in [1.29, 1.82) is 0 Å². The van der Waals surface area contributed by atoms with Crippen LogP contribution in [0.15, 0.2) is 24.3 Å². The van der Waals surface area contributed by atoms with E-state index in [1.165, 1.54) is 44.3 Å². The Morgan fingerprint density at radius 3 is 2.12 bits per heavy atom. The van der Waals surface area contributed by atoms with Crippen LogP contribution in [-0.2, 0) is 16.1 Å². The molecule has 0 radical (unpaired) electrons. The molecule has 5 nitrogen and oxygen atoms in total. The lowest BCUT2D eigenvalue weighted by Gasteiger charge is -2.22. The highest BCUT2D eigenvalue weighted by molar-refractivity contribution is 5.85. The number of esters is 1. The van der Waals surface area contributed by atoms with Gasteiger partial charge in [-0.2, -0.15) is 0 Å². The fourth-order valence-electron chi connectivity index (χ4n) is 3.79. The highest BCUT2D eigenvalue weighted by Crippen LogP contribution is 2.16. The molecule has 0 heterocycles. The van der Waals surface area contributed by atoms with Gasteiger partial charge in [0, 0.05) is 13.0 Å². The zero-order valence-electron chi connectivity index (χ0n) is 21.5. The molecular formula is C27H49ClN2O3. The normalized spacial score (nSPS) is 12.0. The summed E-state index contributed by atoms with van der Waals surface area (Å²) in [5.74, 6) is 1.53. The molecule has 6 heteroatoms. The van der Waals surface area contributed by atoms with E-state index >= 15 is 0 Å². The fraction of sp³-hybridized carbons (Fsp3) is 0.741. The molecule has 0 bridgehead atoms. The summed E-state index contributed by atoms with van der Waals surface area (Å²) in [5, 5.41) is 0. The van der Waals surface area contributed by atoms with Gasteiger partial charge in [0.25, 0.3) is 0 Å².